The number of nitrogens with zero attached hydrogens (tertiary/aromatic N) is 1. The summed E-state index contributed by atoms with van der Waals surface area (Å²) in [7, 11) is -2.58. The Morgan fingerprint density at radius 2 is 1.82 bits per heavy atom. The second kappa shape index (κ2) is 9.69. The van der Waals surface area contributed by atoms with E-state index in [1.54, 1.807) is 6.07 Å². The number of rotatable bonds is 9. The molecule has 2 aromatic carbocycles. The molecule has 28 heavy (non-hydrogen) atoms. The highest BCUT2D eigenvalue weighted by Crippen LogP contribution is 2.27. The van der Waals surface area contributed by atoms with Crippen LogP contribution in [0.15, 0.2) is 47.4 Å². The molecule has 1 N–H and O–H groups in total. The summed E-state index contributed by atoms with van der Waals surface area (Å²) in [5.74, 6) is -0.335. The molecule has 0 spiro atoms. The van der Waals surface area contributed by atoms with Gasteiger partial charge in [-0.3, -0.25) is 0 Å². The van der Waals surface area contributed by atoms with Gasteiger partial charge in [0.25, 0.3) is 0 Å². The van der Waals surface area contributed by atoms with Crippen LogP contribution in [0, 0.1) is 11.7 Å². The molecule has 0 fully saturated rings. The number of ether oxygens (including phenoxy) is 1. The molecule has 2 aromatic rings. The van der Waals surface area contributed by atoms with E-state index in [-0.39, 0.29) is 29.7 Å². The summed E-state index contributed by atoms with van der Waals surface area (Å²) in [6, 6.07) is 9.49. The molecule has 0 heterocycles. The number of hydrogen-bond acceptors (Lipinski definition) is 4. The van der Waals surface area contributed by atoms with Gasteiger partial charge in [-0.2, -0.15) is 4.31 Å². The van der Waals surface area contributed by atoms with E-state index in [9.17, 15) is 17.9 Å². The predicted molar refractivity (Wildman–Crippen MR) is 107 cm³/mol. The highest BCUT2D eigenvalue weighted by atomic mass is 35.5. The number of aliphatic hydroxyl groups is 1. The fraction of sp³-hybridized carbons (Fsp3) is 0.400. The van der Waals surface area contributed by atoms with Crippen LogP contribution in [0.5, 0.6) is 5.75 Å². The maximum atomic E-state index is 14.1. The van der Waals surface area contributed by atoms with Crippen LogP contribution in [0.1, 0.15) is 25.8 Å². The van der Waals surface area contributed by atoms with Crippen molar-refractivity contribution in [2.24, 2.45) is 5.92 Å². The second-order valence-electron chi connectivity index (χ2n) is 6.94. The molecule has 0 aliphatic rings. The molecule has 0 bridgehead atoms. The third kappa shape index (κ3) is 5.44. The molecular formula is C20H25ClFNO4S. The van der Waals surface area contributed by atoms with Crippen molar-refractivity contribution < 1.29 is 22.7 Å². The first-order chi connectivity index (χ1) is 13.2. The van der Waals surface area contributed by atoms with Crippen LogP contribution in [0.25, 0.3) is 0 Å². The maximum absolute atomic E-state index is 14.1. The molecule has 8 heteroatoms. The van der Waals surface area contributed by atoms with Crippen molar-refractivity contribution in [3.05, 3.63) is 58.9 Å². The fourth-order valence-corrected chi connectivity index (χ4v) is 4.71. The Morgan fingerprint density at radius 3 is 2.32 bits per heavy atom. The Kier molecular flexibility index (Phi) is 7.83. The average Bonchev–Trinajstić information content (AvgIpc) is 2.64. The zero-order valence-corrected chi connectivity index (χ0v) is 17.7. The van der Waals surface area contributed by atoms with Crippen molar-refractivity contribution in [2.45, 2.75) is 37.8 Å². The van der Waals surface area contributed by atoms with Crippen molar-refractivity contribution in [2.75, 3.05) is 13.7 Å². The molecule has 1 atom stereocenters. The summed E-state index contributed by atoms with van der Waals surface area (Å²) in [5, 5.41) is 10.3. The predicted octanol–water partition coefficient (Wildman–Crippen LogP) is 4.09. The smallest absolute Gasteiger partial charge is 0.243 e. The van der Waals surface area contributed by atoms with Gasteiger partial charge in [-0.25, -0.2) is 12.8 Å². The molecule has 0 saturated carbocycles. The standard InChI is InChI=1S/C20H25ClFNO4S/c1-14(2)10-17(13-24)23(12-15-4-9-20(27-3)19(22)11-15)28(25,26)18-7-5-16(21)6-8-18/h4-9,11,14,17,24H,10,12-13H2,1-3H3. The minimum absolute atomic E-state index is 0.0630. The highest BCUT2D eigenvalue weighted by molar-refractivity contribution is 7.89. The van der Waals surface area contributed by atoms with Gasteiger partial charge in [-0.1, -0.05) is 31.5 Å². The molecule has 0 amide bonds. The zero-order valence-electron chi connectivity index (χ0n) is 16.1. The zero-order chi connectivity index (χ0) is 20.9. The van der Waals surface area contributed by atoms with Crippen molar-refractivity contribution in [3.8, 4) is 5.75 Å². The molecule has 0 aliphatic carbocycles. The Balaban J connectivity index is 2.46. The van der Waals surface area contributed by atoms with Crippen LogP contribution >= 0.6 is 11.6 Å². The number of benzene rings is 2. The van der Waals surface area contributed by atoms with Crippen LogP contribution in [0.4, 0.5) is 4.39 Å². The fourth-order valence-electron chi connectivity index (χ4n) is 2.97. The van der Waals surface area contributed by atoms with E-state index >= 15 is 0 Å². The first-order valence-corrected chi connectivity index (χ1v) is 10.7. The van der Waals surface area contributed by atoms with Gasteiger partial charge in [-0.05, 0) is 54.3 Å². The SMILES string of the molecule is COc1ccc(CN(C(CO)CC(C)C)S(=O)(=O)c2ccc(Cl)cc2)cc1F. The lowest BCUT2D eigenvalue weighted by Gasteiger charge is -2.31. The lowest BCUT2D eigenvalue weighted by atomic mass is 10.0. The van der Waals surface area contributed by atoms with Gasteiger partial charge in [-0.15, -0.1) is 0 Å². The van der Waals surface area contributed by atoms with Crippen LogP contribution in [-0.4, -0.2) is 37.6 Å². The van der Waals surface area contributed by atoms with Gasteiger partial charge in [0.1, 0.15) is 0 Å². The Bertz CT molecular complexity index is 888. The molecular weight excluding hydrogens is 405 g/mol. The largest absolute Gasteiger partial charge is 0.494 e. The lowest BCUT2D eigenvalue weighted by Crippen LogP contribution is -2.42. The Morgan fingerprint density at radius 1 is 1.18 bits per heavy atom. The van der Waals surface area contributed by atoms with E-state index < -0.39 is 21.9 Å². The van der Waals surface area contributed by atoms with E-state index in [2.05, 4.69) is 0 Å². The van der Waals surface area contributed by atoms with Crippen LogP contribution in [0.3, 0.4) is 0 Å². The van der Waals surface area contributed by atoms with E-state index in [4.69, 9.17) is 16.3 Å². The minimum atomic E-state index is -3.94. The summed E-state index contributed by atoms with van der Waals surface area (Å²) in [6.07, 6.45) is 0.460. The van der Waals surface area contributed by atoms with Crippen LogP contribution in [0.2, 0.25) is 5.02 Å². The summed E-state index contributed by atoms with van der Waals surface area (Å²) < 4.78 is 46.8. The normalized spacial score (nSPS) is 13.1. The number of aliphatic hydroxyl groups excluding tert-OH is 1. The second-order valence-corrected chi connectivity index (χ2v) is 9.27. The van der Waals surface area contributed by atoms with Gasteiger partial charge in [0.2, 0.25) is 10.0 Å². The number of sulfonamides is 1. The lowest BCUT2D eigenvalue weighted by molar-refractivity contribution is 0.164. The van der Waals surface area contributed by atoms with Gasteiger partial charge >= 0.3 is 0 Å². The van der Waals surface area contributed by atoms with E-state index in [0.29, 0.717) is 17.0 Å². The molecule has 5 nitrogen and oxygen atoms in total. The first-order valence-electron chi connectivity index (χ1n) is 8.89. The van der Waals surface area contributed by atoms with Crippen molar-refractivity contribution in [1.29, 1.82) is 0 Å². The summed E-state index contributed by atoms with van der Waals surface area (Å²) in [6.45, 7) is 3.47. The van der Waals surface area contributed by atoms with Crippen molar-refractivity contribution in [1.82, 2.24) is 4.31 Å². The van der Waals surface area contributed by atoms with Crippen molar-refractivity contribution >= 4 is 21.6 Å². The Labute approximate surface area is 170 Å². The summed E-state index contributed by atoms with van der Waals surface area (Å²) in [4.78, 5) is 0.0630. The number of halogens is 2. The molecule has 2 rings (SSSR count). The third-order valence-corrected chi connectivity index (χ3v) is 6.50. The number of hydrogen-bond donors (Lipinski definition) is 1. The van der Waals surface area contributed by atoms with E-state index in [0.717, 1.165) is 0 Å². The van der Waals surface area contributed by atoms with E-state index in [1.807, 2.05) is 13.8 Å². The van der Waals surface area contributed by atoms with Gasteiger partial charge in [0, 0.05) is 17.6 Å². The molecule has 0 radical (unpaired) electrons. The summed E-state index contributed by atoms with van der Waals surface area (Å²) >= 11 is 5.87. The topological polar surface area (TPSA) is 66.8 Å². The van der Waals surface area contributed by atoms with E-state index in [1.165, 1.54) is 47.8 Å². The number of methoxy groups -OCH3 is 1. The minimum Gasteiger partial charge on any atom is -0.494 e. The van der Waals surface area contributed by atoms with Crippen LogP contribution < -0.4 is 4.74 Å². The van der Waals surface area contributed by atoms with Crippen LogP contribution in [-0.2, 0) is 16.6 Å². The average molecular weight is 430 g/mol. The highest BCUT2D eigenvalue weighted by Gasteiger charge is 2.32. The Hall–Kier alpha value is -1.67. The maximum Gasteiger partial charge on any atom is 0.243 e. The monoisotopic (exact) mass is 429 g/mol. The summed E-state index contributed by atoms with van der Waals surface area (Å²) in [5.41, 5.74) is 0.457. The first kappa shape index (κ1) is 22.6. The quantitative estimate of drug-likeness (QED) is 0.652. The molecule has 1 unspecified atom stereocenters. The molecule has 154 valence electrons. The van der Waals surface area contributed by atoms with Gasteiger partial charge in [0.05, 0.1) is 18.6 Å². The third-order valence-electron chi connectivity index (χ3n) is 4.34. The molecule has 0 aromatic heterocycles. The van der Waals surface area contributed by atoms with Crippen molar-refractivity contribution in [3.63, 3.8) is 0 Å². The van der Waals surface area contributed by atoms with Gasteiger partial charge < -0.3 is 9.84 Å². The molecule has 0 saturated heterocycles. The molecule has 0 aliphatic heterocycles. The van der Waals surface area contributed by atoms with Gasteiger partial charge in [0.15, 0.2) is 11.6 Å².